The molecule has 2 rings (SSSR count). The van der Waals surface area contributed by atoms with E-state index in [1.807, 2.05) is 13.8 Å². The van der Waals surface area contributed by atoms with E-state index in [1.54, 1.807) is 0 Å². The molecule has 1 amide bonds. The molecule has 0 radical (unpaired) electrons. The summed E-state index contributed by atoms with van der Waals surface area (Å²) in [6.07, 6.45) is 4.64. The second-order valence-electron chi connectivity index (χ2n) is 6.22. The predicted molar refractivity (Wildman–Crippen MR) is 83.6 cm³/mol. The first kappa shape index (κ1) is 16.7. The van der Waals surface area contributed by atoms with E-state index in [0.29, 0.717) is 11.5 Å². The molecule has 1 aromatic heterocycles. The number of aromatic nitrogens is 2. The molecule has 0 spiro atoms. The van der Waals surface area contributed by atoms with Crippen molar-refractivity contribution in [2.45, 2.75) is 59.1 Å². The van der Waals surface area contributed by atoms with Crippen molar-refractivity contribution in [3.63, 3.8) is 0 Å². The Morgan fingerprint density at radius 2 is 2.18 bits per heavy atom. The highest BCUT2D eigenvalue weighted by Gasteiger charge is 2.20. The highest BCUT2D eigenvalue weighted by molar-refractivity contribution is 5.77. The zero-order chi connectivity index (χ0) is 16.1. The Labute approximate surface area is 130 Å². The lowest BCUT2D eigenvalue weighted by atomic mass is 9.89. The van der Waals surface area contributed by atoms with E-state index in [2.05, 4.69) is 22.4 Å². The number of aryl methyl sites for hydroxylation is 1. The molecule has 6 nitrogen and oxygen atoms in total. The van der Waals surface area contributed by atoms with Gasteiger partial charge in [0.25, 0.3) is 5.56 Å². The minimum absolute atomic E-state index is 0.0540. The standard InChI is InChI=1S/C16H25N3O3/c1-10-5-4-6-13(7-10)22-9-15(20)17-8-14-11(2)12(3)18-19-16(14)21/h10,13H,4-9H2,1-3H3,(H,17,20)(H,19,21)/t10-,13-/m1/s1. The molecule has 1 fully saturated rings. The zero-order valence-corrected chi connectivity index (χ0v) is 13.6. The van der Waals surface area contributed by atoms with Gasteiger partial charge < -0.3 is 10.1 Å². The molecule has 6 heteroatoms. The van der Waals surface area contributed by atoms with Gasteiger partial charge in [-0.3, -0.25) is 9.59 Å². The molecule has 2 atom stereocenters. The Bertz CT molecular complexity index is 582. The summed E-state index contributed by atoms with van der Waals surface area (Å²) in [6, 6.07) is 0. The lowest BCUT2D eigenvalue weighted by Crippen LogP contribution is -2.33. The number of amides is 1. The first-order chi connectivity index (χ1) is 10.5. The Morgan fingerprint density at radius 3 is 2.91 bits per heavy atom. The maximum absolute atomic E-state index is 11.9. The van der Waals surface area contributed by atoms with Gasteiger partial charge in [-0.05, 0) is 38.2 Å². The lowest BCUT2D eigenvalue weighted by molar-refractivity contribution is -0.128. The fourth-order valence-corrected chi connectivity index (χ4v) is 2.85. The fraction of sp³-hybridized carbons (Fsp3) is 0.688. The zero-order valence-electron chi connectivity index (χ0n) is 13.6. The van der Waals surface area contributed by atoms with Crippen molar-refractivity contribution >= 4 is 5.91 Å². The number of hydrogen-bond acceptors (Lipinski definition) is 4. The van der Waals surface area contributed by atoms with Gasteiger partial charge in [0.15, 0.2) is 0 Å². The average Bonchev–Trinajstić information content (AvgIpc) is 2.49. The van der Waals surface area contributed by atoms with Gasteiger partial charge in [-0.15, -0.1) is 0 Å². The molecule has 122 valence electrons. The summed E-state index contributed by atoms with van der Waals surface area (Å²) in [7, 11) is 0. The molecular formula is C16H25N3O3. The normalized spacial score (nSPS) is 21.6. The molecule has 0 aromatic carbocycles. The number of nitrogens with one attached hydrogen (secondary N) is 2. The first-order valence-electron chi connectivity index (χ1n) is 7.90. The first-order valence-corrected chi connectivity index (χ1v) is 7.90. The van der Waals surface area contributed by atoms with Gasteiger partial charge in [0, 0.05) is 12.1 Å². The molecule has 0 saturated heterocycles. The van der Waals surface area contributed by atoms with Gasteiger partial charge >= 0.3 is 0 Å². The van der Waals surface area contributed by atoms with Crippen LogP contribution >= 0.6 is 0 Å². The van der Waals surface area contributed by atoms with E-state index in [-0.39, 0.29) is 30.7 Å². The Kier molecular flexibility index (Phi) is 5.71. The number of nitrogens with zero attached hydrogens (tertiary/aromatic N) is 1. The maximum atomic E-state index is 11.9. The monoisotopic (exact) mass is 307 g/mol. The van der Waals surface area contributed by atoms with Crippen LogP contribution in [0.3, 0.4) is 0 Å². The summed E-state index contributed by atoms with van der Waals surface area (Å²) in [6.45, 7) is 6.13. The van der Waals surface area contributed by atoms with E-state index >= 15 is 0 Å². The summed E-state index contributed by atoms with van der Waals surface area (Å²) >= 11 is 0. The van der Waals surface area contributed by atoms with Gasteiger partial charge in [-0.2, -0.15) is 5.10 Å². The van der Waals surface area contributed by atoms with Crippen LogP contribution in [-0.2, 0) is 16.1 Å². The van der Waals surface area contributed by atoms with Crippen LogP contribution in [0.2, 0.25) is 0 Å². The molecule has 2 N–H and O–H groups in total. The average molecular weight is 307 g/mol. The van der Waals surface area contributed by atoms with E-state index in [1.165, 1.54) is 6.42 Å². The van der Waals surface area contributed by atoms with Crippen LogP contribution in [0.4, 0.5) is 0 Å². The molecule has 0 aliphatic heterocycles. The predicted octanol–water partition coefficient (Wildman–Crippen LogP) is 1.60. The molecule has 22 heavy (non-hydrogen) atoms. The van der Waals surface area contributed by atoms with Crippen LogP contribution in [0.1, 0.15) is 49.4 Å². The molecule has 1 saturated carbocycles. The van der Waals surface area contributed by atoms with Crippen molar-refractivity contribution in [2.24, 2.45) is 5.92 Å². The number of rotatable bonds is 5. The molecule has 0 bridgehead atoms. The van der Waals surface area contributed by atoms with Gasteiger partial charge in [0.05, 0.1) is 11.8 Å². The Hall–Kier alpha value is -1.69. The largest absolute Gasteiger partial charge is 0.368 e. The summed E-state index contributed by atoms with van der Waals surface area (Å²) in [4.78, 5) is 23.6. The van der Waals surface area contributed by atoms with Gasteiger partial charge in [0.2, 0.25) is 5.91 Å². The van der Waals surface area contributed by atoms with Crippen LogP contribution in [0.25, 0.3) is 0 Å². The van der Waals surface area contributed by atoms with Crippen molar-refractivity contribution in [3.05, 3.63) is 27.2 Å². The highest BCUT2D eigenvalue weighted by Crippen LogP contribution is 2.25. The third kappa shape index (κ3) is 4.40. The quantitative estimate of drug-likeness (QED) is 0.865. The van der Waals surface area contributed by atoms with E-state index < -0.39 is 0 Å². The Morgan fingerprint density at radius 1 is 1.41 bits per heavy atom. The summed E-state index contributed by atoms with van der Waals surface area (Å²) in [5.41, 5.74) is 1.86. The topological polar surface area (TPSA) is 84.1 Å². The number of carbonyl (C=O) groups is 1. The second kappa shape index (κ2) is 7.54. The Balaban J connectivity index is 1.81. The number of H-pyrrole nitrogens is 1. The number of ether oxygens (including phenoxy) is 1. The van der Waals surface area contributed by atoms with Gasteiger partial charge in [-0.1, -0.05) is 19.8 Å². The summed E-state index contributed by atoms with van der Waals surface area (Å²) in [5, 5.41) is 9.08. The maximum Gasteiger partial charge on any atom is 0.269 e. The number of hydrogen-bond donors (Lipinski definition) is 2. The molecular weight excluding hydrogens is 282 g/mol. The number of aromatic amines is 1. The van der Waals surface area contributed by atoms with Crippen molar-refractivity contribution in [2.75, 3.05) is 6.61 Å². The second-order valence-corrected chi connectivity index (χ2v) is 6.22. The van der Waals surface area contributed by atoms with Crippen LogP contribution in [0.15, 0.2) is 4.79 Å². The van der Waals surface area contributed by atoms with Gasteiger partial charge in [0.1, 0.15) is 6.61 Å². The molecule has 1 aliphatic rings. The van der Waals surface area contributed by atoms with E-state index in [0.717, 1.165) is 30.5 Å². The molecule has 0 unspecified atom stereocenters. The molecule has 1 aliphatic carbocycles. The fourth-order valence-electron chi connectivity index (χ4n) is 2.85. The van der Waals surface area contributed by atoms with Crippen molar-refractivity contribution < 1.29 is 9.53 Å². The minimum atomic E-state index is -0.259. The van der Waals surface area contributed by atoms with E-state index in [4.69, 9.17) is 4.74 Å². The van der Waals surface area contributed by atoms with E-state index in [9.17, 15) is 9.59 Å². The summed E-state index contributed by atoms with van der Waals surface area (Å²) in [5.74, 6) is 0.481. The van der Waals surface area contributed by atoms with Crippen molar-refractivity contribution in [3.8, 4) is 0 Å². The van der Waals surface area contributed by atoms with Crippen LogP contribution in [0.5, 0.6) is 0 Å². The summed E-state index contributed by atoms with van der Waals surface area (Å²) < 4.78 is 5.68. The van der Waals surface area contributed by atoms with Crippen LogP contribution < -0.4 is 10.9 Å². The SMILES string of the molecule is Cc1n[nH]c(=O)c(CNC(=O)CO[C@@H]2CCC[C@@H](C)C2)c1C. The van der Waals surface area contributed by atoms with Crippen LogP contribution in [0, 0.1) is 19.8 Å². The van der Waals surface area contributed by atoms with Gasteiger partial charge in [-0.25, -0.2) is 5.10 Å². The third-order valence-corrected chi connectivity index (χ3v) is 4.40. The molecule has 1 aromatic rings. The highest BCUT2D eigenvalue weighted by atomic mass is 16.5. The number of carbonyl (C=O) groups excluding carboxylic acids is 1. The van der Waals surface area contributed by atoms with Crippen molar-refractivity contribution in [1.82, 2.24) is 15.5 Å². The van der Waals surface area contributed by atoms with Crippen LogP contribution in [-0.4, -0.2) is 28.8 Å². The minimum Gasteiger partial charge on any atom is -0.368 e. The third-order valence-electron chi connectivity index (χ3n) is 4.40. The lowest BCUT2D eigenvalue weighted by Gasteiger charge is -2.26. The smallest absolute Gasteiger partial charge is 0.269 e. The van der Waals surface area contributed by atoms with Crippen molar-refractivity contribution in [1.29, 1.82) is 0 Å². The molecule has 1 heterocycles.